The monoisotopic (exact) mass is 264 g/mol. The van der Waals surface area contributed by atoms with Crippen LogP contribution in [0.15, 0.2) is 23.7 Å². The Bertz CT molecular complexity index is 553. The lowest BCUT2D eigenvalue weighted by Gasteiger charge is -2.03. The highest BCUT2D eigenvalue weighted by molar-refractivity contribution is 7.03. The van der Waals surface area contributed by atoms with Gasteiger partial charge in [0, 0.05) is 5.38 Å². The normalized spacial score (nSPS) is 10.0. The van der Waals surface area contributed by atoms with E-state index in [0.717, 1.165) is 11.5 Å². The summed E-state index contributed by atoms with van der Waals surface area (Å²) >= 11 is 1.08. The zero-order chi connectivity index (χ0) is 13.0. The van der Waals surface area contributed by atoms with Gasteiger partial charge in [0.1, 0.15) is 0 Å². The quantitative estimate of drug-likeness (QED) is 0.846. The molecule has 2 aromatic rings. The summed E-state index contributed by atoms with van der Waals surface area (Å²) in [6.45, 7) is 0. The van der Waals surface area contributed by atoms with Crippen molar-refractivity contribution in [3.05, 3.63) is 35.1 Å². The molecule has 0 fully saturated rings. The summed E-state index contributed by atoms with van der Waals surface area (Å²) in [5, 5.41) is 16.3. The van der Waals surface area contributed by atoms with Gasteiger partial charge >= 0.3 is 5.97 Å². The Kier molecular flexibility index (Phi) is 3.58. The maximum absolute atomic E-state index is 11.6. The minimum Gasteiger partial charge on any atom is -0.481 e. The first-order valence-electron chi connectivity index (χ1n) is 4.90. The Morgan fingerprint density at radius 3 is 2.78 bits per heavy atom. The van der Waals surface area contributed by atoms with E-state index >= 15 is 0 Å². The summed E-state index contributed by atoms with van der Waals surface area (Å²) in [7, 11) is 0. The van der Waals surface area contributed by atoms with E-state index in [1.165, 1.54) is 11.6 Å². The van der Waals surface area contributed by atoms with Crippen LogP contribution in [-0.4, -0.2) is 31.6 Å². The van der Waals surface area contributed by atoms with Crippen LogP contribution in [-0.2, 0) is 11.2 Å². The third kappa shape index (κ3) is 3.08. The first kappa shape index (κ1) is 12.1. The number of nitrogens with zero attached hydrogens (tertiary/aromatic N) is 3. The van der Waals surface area contributed by atoms with Gasteiger partial charge < -0.3 is 10.4 Å². The molecule has 92 valence electrons. The second-order valence-corrected chi connectivity index (χ2v) is 3.96. The van der Waals surface area contributed by atoms with Crippen LogP contribution in [0.4, 0.5) is 5.69 Å². The molecule has 0 aliphatic rings. The van der Waals surface area contributed by atoms with E-state index in [4.69, 9.17) is 5.11 Å². The number of anilines is 1. The van der Waals surface area contributed by atoms with Crippen molar-refractivity contribution in [3.8, 4) is 0 Å². The number of carbonyl (C=O) groups excluding carboxylic acids is 1. The van der Waals surface area contributed by atoms with E-state index < -0.39 is 5.97 Å². The highest BCUT2D eigenvalue weighted by Gasteiger charge is 2.09. The zero-order valence-corrected chi connectivity index (χ0v) is 9.85. The largest absolute Gasteiger partial charge is 0.481 e. The van der Waals surface area contributed by atoms with Gasteiger partial charge in [0.25, 0.3) is 5.91 Å². The van der Waals surface area contributed by atoms with Gasteiger partial charge in [-0.2, -0.15) is 0 Å². The third-order valence-electron chi connectivity index (χ3n) is 2.01. The number of carboxylic acids is 1. The minimum absolute atomic E-state index is 0.149. The molecule has 7 nitrogen and oxygen atoms in total. The van der Waals surface area contributed by atoms with Gasteiger partial charge in [0.05, 0.1) is 24.0 Å². The van der Waals surface area contributed by atoms with E-state index in [1.54, 1.807) is 12.1 Å². The van der Waals surface area contributed by atoms with Crippen LogP contribution >= 0.6 is 11.5 Å². The van der Waals surface area contributed by atoms with Gasteiger partial charge in [-0.3, -0.25) is 14.6 Å². The number of nitrogens with one attached hydrogen (secondary N) is 1. The molecule has 0 saturated carbocycles. The smallest absolute Gasteiger partial charge is 0.309 e. The summed E-state index contributed by atoms with van der Waals surface area (Å²) in [5.41, 5.74) is 1.13. The molecule has 1 amide bonds. The average Bonchev–Trinajstić information content (AvgIpc) is 2.84. The fourth-order valence-corrected chi connectivity index (χ4v) is 1.65. The van der Waals surface area contributed by atoms with E-state index in [0.29, 0.717) is 11.4 Å². The zero-order valence-electron chi connectivity index (χ0n) is 9.03. The van der Waals surface area contributed by atoms with Crippen LogP contribution in [0.1, 0.15) is 16.2 Å². The van der Waals surface area contributed by atoms with Crippen molar-refractivity contribution < 1.29 is 14.7 Å². The highest BCUT2D eigenvalue weighted by atomic mass is 32.1. The van der Waals surface area contributed by atoms with Gasteiger partial charge in [0.2, 0.25) is 0 Å². The number of amides is 1. The van der Waals surface area contributed by atoms with Crippen molar-refractivity contribution in [1.82, 2.24) is 14.6 Å². The van der Waals surface area contributed by atoms with Crippen LogP contribution in [0.2, 0.25) is 0 Å². The number of pyridine rings is 1. The van der Waals surface area contributed by atoms with E-state index in [-0.39, 0.29) is 18.0 Å². The van der Waals surface area contributed by atoms with Gasteiger partial charge in [-0.25, -0.2) is 0 Å². The number of rotatable bonds is 4. The summed E-state index contributed by atoms with van der Waals surface area (Å²) < 4.78 is 3.58. The number of carbonyl (C=O) groups is 2. The Hall–Kier alpha value is -2.35. The molecule has 0 bridgehead atoms. The van der Waals surface area contributed by atoms with Crippen molar-refractivity contribution in [2.45, 2.75) is 6.42 Å². The minimum atomic E-state index is -0.951. The first-order valence-corrected chi connectivity index (χ1v) is 5.74. The van der Waals surface area contributed by atoms with E-state index in [9.17, 15) is 9.59 Å². The fraction of sp³-hybridized carbons (Fsp3) is 0.100. The van der Waals surface area contributed by atoms with Crippen molar-refractivity contribution in [3.63, 3.8) is 0 Å². The second kappa shape index (κ2) is 5.32. The number of aromatic nitrogens is 3. The van der Waals surface area contributed by atoms with Crippen molar-refractivity contribution >= 4 is 29.1 Å². The van der Waals surface area contributed by atoms with Crippen LogP contribution < -0.4 is 5.32 Å². The molecule has 0 aromatic carbocycles. The Morgan fingerprint density at radius 1 is 1.39 bits per heavy atom. The van der Waals surface area contributed by atoms with Gasteiger partial charge in [0.15, 0.2) is 5.69 Å². The molecule has 2 rings (SSSR count). The van der Waals surface area contributed by atoms with Crippen molar-refractivity contribution in [2.24, 2.45) is 0 Å². The SMILES string of the molecule is O=C(O)Cc1ccc(NC(=O)c2csnn2)cn1. The maximum Gasteiger partial charge on any atom is 0.309 e. The predicted molar refractivity (Wildman–Crippen MR) is 63.4 cm³/mol. The summed E-state index contributed by atoms with van der Waals surface area (Å²) in [4.78, 5) is 26.0. The summed E-state index contributed by atoms with van der Waals surface area (Å²) in [6.07, 6.45) is 1.25. The fourth-order valence-electron chi connectivity index (χ4n) is 1.22. The lowest BCUT2D eigenvalue weighted by Crippen LogP contribution is -2.12. The van der Waals surface area contributed by atoms with Crippen molar-refractivity contribution in [2.75, 3.05) is 5.32 Å². The highest BCUT2D eigenvalue weighted by Crippen LogP contribution is 2.09. The van der Waals surface area contributed by atoms with Crippen LogP contribution in [0.5, 0.6) is 0 Å². The number of hydrogen-bond donors (Lipinski definition) is 2. The summed E-state index contributed by atoms with van der Waals surface area (Å²) in [6, 6.07) is 3.13. The summed E-state index contributed by atoms with van der Waals surface area (Å²) in [5.74, 6) is -1.33. The Morgan fingerprint density at radius 2 is 2.22 bits per heavy atom. The molecule has 0 atom stereocenters. The topological polar surface area (TPSA) is 105 Å². The number of hydrogen-bond acceptors (Lipinski definition) is 6. The average molecular weight is 264 g/mol. The first-order chi connectivity index (χ1) is 8.65. The Labute approximate surface area is 106 Å². The predicted octanol–water partition coefficient (Wildman–Crippen LogP) is 0.812. The molecule has 8 heteroatoms. The lowest BCUT2D eigenvalue weighted by atomic mass is 10.2. The van der Waals surface area contributed by atoms with E-state index in [2.05, 4.69) is 19.9 Å². The van der Waals surface area contributed by atoms with Gasteiger partial charge in [-0.15, -0.1) is 5.10 Å². The molecular weight excluding hydrogens is 256 g/mol. The van der Waals surface area contributed by atoms with Crippen LogP contribution in [0, 0.1) is 0 Å². The van der Waals surface area contributed by atoms with Gasteiger partial charge in [-0.1, -0.05) is 4.49 Å². The second-order valence-electron chi connectivity index (χ2n) is 3.35. The lowest BCUT2D eigenvalue weighted by molar-refractivity contribution is -0.136. The Balaban J connectivity index is 2.02. The molecule has 0 aliphatic carbocycles. The molecule has 0 spiro atoms. The molecule has 2 N–H and O–H groups in total. The standard InChI is InChI=1S/C10H8N4O3S/c15-9(16)3-6-1-2-7(4-11-6)12-10(17)8-5-18-14-13-8/h1-2,4-5H,3H2,(H,12,17)(H,15,16). The molecule has 2 heterocycles. The van der Waals surface area contributed by atoms with Crippen LogP contribution in [0.3, 0.4) is 0 Å². The molecule has 0 saturated heterocycles. The van der Waals surface area contributed by atoms with Gasteiger partial charge in [-0.05, 0) is 23.7 Å². The number of aliphatic carboxylic acids is 1. The number of carboxylic acid groups (broad SMARTS) is 1. The molecule has 2 aromatic heterocycles. The third-order valence-corrected chi connectivity index (χ3v) is 2.51. The van der Waals surface area contributed by atoms with E-state index in [1.807, 2.05) is 0 Å². The molecule has 18 heavy (non-hydrogen) atoms. The van der Waals surface area contributed by atoms with Crippen molar-refractivity contribution in [1.29, 1.82) is 0 Å². The maximum atomic E-state index is 11.6. The molecule has 0 aliphatic heterocycles. The molecule has 0 unspecified atom stereocenters. The molecular formula is C10H8N4O3S. The molecule has 0 radical (unpaired) electrons. The van der Waals surface area contributed by atoms with Crippen LogP contribution in [0.25, 0.3) is 0 Å².